The van der Waals surface area contributed by atoms with E-state index in [1.807, 2.05) is 24.3 Å². The SMILES string of the molecule is C/C=C/C(=O)OCC(=O)N1CCC(c2nc3ccccc3o2)CC1. The molecule has 0 N–H and O–H groups in total. The number of benzene rings is 1. The van der Waals surface area contributed by atoms with E-state index in [1.165, 1.54) is 6.08 Å². The molecule has 1 amide bonds. The maximum atomic E-state index is 12.1. The zero-order valence-electron chi connectivity index (χ0n) is 13.6. The van der Waals surface area contributed by atoms with Gasteiger partial charge < -0.3 is 14.1 Å². The van der Waals surface area contributed by atoms with E-state index in [-0.39, 0.29) is 18.4 Å². The molecule has 1 aliphatic heterocycles. The molecule has 6 nitrogen and oxygen atoms in total. The van der Waals surface area contributed by atoms with Gasteiger partial charge in [-0.15, -0.1) is 0 Å². The van der Waals surface area contributed by atoms with Crippen molar-refractivity contribution in [2.45, 2.75) is 25.7 Å². The van der Waals surface area contributed by atoms with Gasteiger partial charge in [-0.3, -0.25) is 4.79 Å². The molecule has 3 rings (SSSR count). The van der Waals surface area contributed by atoms with Crippen LogP contribution in [0.2, 0.25) is 0 Å². The molecule has 2 heterocycles. The summed E-state index contributed by atoms with van der Waals surface area (Å²) in [6.45, 7) is 2.74. The topological polar surface area (TPSA) is 72.6 Å². The summed E-state index contributed by atoms with van der Waals surface area (Å²) in [6.07, 6.45) is 4.47. The summed E-state index contributed by atoms with van der Waals surface area (Å²) >= 11 is 0. The Hall–Kier alpha value is -2.63. The van der Waals surface area contributed by atoms with Crippen LogP contribution in [-0.4, -0.2) is 41.5 Å². The van der Waals surface area contributed by atoms with Crippen molar-refractivity contribution in [1.29, 1.82) is 0 Å². The van der Waals surface area contributed by atoms with Crippen molar-refractivity contribution < 1.29 is 18.7 Å². The van der Waals surface area contributed by atoms with Crippen LogP contribution < -0.4 is 0 Å². The highest BCUT2D eigenvalue weighted by molar-refractivity contribution is 5.85. The largest absolute Gasteiger partial charge is 0.452 e. The number of aromatic nitrogens is 1. The van der Waals surface area contributed by atoms with Crippen LogP contribution in [0.25, 0.3) is 11.1 Å². The van der Waals surface area contributed by atoms with E-state index in [0.717, 1.165) is 29.8 Å². The fourth-order valence-electron chi connectivity index (χ4n) is 2.85. The first kappa shape index (κ1) is 16.2. The second-order valence-electron chi connectivity index (χ2n) is 5.78. The standard InChI is InChI=1S/C18H20N2O4/c1-2-5-17(22)23-12-16(21)20-10-8-13(9-11-20)18-19-14-6-3-4-7-15(14)24-18/h2-7,13H,8-12H2,1H3/b5-2+. The lowest BCUT2D eigenvalue weighted by atomic mass is 9.97. The molecule has 1 saturated heterocycles. The van der Waals surface area contributed by atoms with Crippen LogP contribution in [0, 0.1) is 0 Å². The summed E-state index contributed by atoms with van der Waals surface area (Å²) in [6, 6.07) is 7.70. The fourth-order valence-corrected chi connectivity index (χ4v) is 2.85. The van der Waals surface area contributed by atoms with Gasteiger partial charge in [0.05, 0.1) is 0 Å². The molecule has 0 aliphatic carbocycles. The van der Waals surface area contributed by atoms with Gasteiger partial charge in [-0.2, -0.15) is 0 Å². The van der Waals surface area contributed by atoms with E-state index in [2.05, 4.69) is 4.98 Å². The first-order chi connectivity index (χ1) is 11.7. The van der Waals surface area contributed by atoms with Gasteiger partial charge >= 0.3 is 5.97 Å². The molecule has 0 atom stereocenters. The fraction of sp³-hybridized carbons (Fsp3) is 0.389. The van der Waals surface area contributed by atoms with E-state index in [0.29, 0.717) is 13.1 Å². The van der Waals surface area contributed by atoms with Crippen LogP contribution >= 0.6 is 0 Å². The van der Waals surface area contributed by atoms with Crippen LogP contribution in [0.15, 0.2) is 40.8 Å². The predicted molar refractivity (Wildman–Crippen MR) is 88.3 cm³/mol. The number of hydrogen-bond acceptors (Lipinski definition) is 5. The van der Waals surface area contributed by atoms with Crippen molar-refractivity contribution in [3.05, 3.63) is 42.3 Å². The number of amides is 1. The Morgan fingerprint density at radius 3 is 2.79 bits per heavy atom. The monoisotopic (exact) mass is 328 g/mol. The third kappa shape index (κ3) is 3.64. The van der Waals surface area contributed by atoms with Gasteiger partial charge in [0.2, 0.25) is 0 Å². The molecule has 0 unspecified atom stereocenters. The number of allylic oxidation sites excluding steroid dienone is 1. The molecule has 1 aromatic carbocycles. The first-order valence-corrected chi connectivity index (χ1v) is 8.10. The zero-order valence-corrected chi connectivity index (χ0v) is 13.6. The van der Waals surface area contributed by atoms with Gasteiger partial charge in [0, 0.05) is 25.1 Å². The second kappa shape index (κ2) is 7.29. The number of carbonyl (C=O) groups is 2. The molecule has 6 heteroatoms. The molecular weight excluding hydrogens is 308 g/mol. The molecule has 2 aromatic rings. The van der Waals surface area contributed by atoms with Gasteiger partial charge in [-0.1, -0.05) is 18.2 Å². The van der Waals surface area contributed by atoms with Crippen molar-refractivity contribution in [1.82, 2.24) is 9.88 Å². The average Bonchev–Trinajstić information content (AvgIpc) is 3.04. The van der Waals surface area contributed by atoms with Crippen LogP contribution in [0.3, 0.4) is 0 Å². The minimum atomic E-state index is -0.493. The third-order valence-corrected chi connectivity index (χ3v) is 4.15. The van der Waals surface area contributed by atoms with Gasteiger partial charge in [0.25, 0.3) is 5.91 Å². The Labute approximate surface area is 140 Å². The van der Waals surface area contributed by atoms with Gasteiger partial charge in [-0.05, 0) is 31.9 Å². The molecule has 1 aromatic heterocycles. The number of piperidine rings is 1. The Kier molecular flexibility index (Phi) is 4.93. The maximum Gasteiger partial charge on any atom is 0.330 e. The van der Waals surface area contributed by atoms with Crippen molar-refractivity contribution >= 4 is 23.0 Å². The van der Waals surface area contributed by atoms with Gasteiger partial charge in [-0.25, -0.2) is 9.78 Å². The zero-order chi connectivity index (χ0) is 16.9. The Morgan fingerprint density at radius 1 is 1.33 bits per heavy atom. The second-order valence-corrected chi connectivity index (χ2v) is 5.78. The Bertz CT molecular complexity index is 724. The first-order valence-electron chi connectivity index (χ1n) is 8.10. The van der Waals surface area contributed by atoms with Gasteiger partial charge in [0.15, 0.2) is 18.1 Å². The third-order valence-electron chi connectivity index (χ3n) is 4.15. The summed E-state index contributed by atoms with van der Waals surface area (Å²) in [5.74, 6) is 0.297. The molecule has 0 spiro atoms. The number of ether oxygens (including phenoxy) is 1. The van der Waals surface area contributed by atoms with E-state index in [9.17, 15) is 9.59 Å². The molecule has 1 aliphatic rings. The van der Waals surface area contributed by atoms with E-state index < -0.39 is 5.97 Å². The van der Waals surface area contributed by atoms with E-state index >= 15 is 0 Å². The molecule has 24 heavy (non-hydrogen) atoms. The smallest absolute Gasteiger partial charge is 0.330 e. The van der Waals surface area contributed by atoms with Crippen molar-refractivity contribution in [3.8, 4) is 0 Å². The summed E-state index contributed by atoms with van der Waals surface area (Å²) in [5.41, 5.74) is 1.66. The van der Waals surface area contributed by atoms with E-state index in [1.54, 1.807) is 17.9 Å². The molecule has 0 saturated carbocycles. The molecular formula is C18H20N2O4. The van der Waals surface area contributed by atoms with Crippen molar-refractivity contribution in [2.24, 2.45) is 0 Å². The number of likely N-dealkylation sites (tertiary alicyclic amines) is 1. The number of esters is 1. The van der Waals surface area contributed by atoms with E-state index in [4.69, 9.17) is 9.15 Å². The minimum absolute atomic E-state index is 0.163. The number of fused-ring (bicyclic) bond motifs is 1. The minimum Gasteiger partial charge on any atom is -0.452 e. The Morgan fingerprint density at radius 2 is 2.08 bits per heavy atom. The van der Waals surface area contributed by atoms with Crippen LogP contribution in [-0.2, 0) is 14.3 Å². The quantitative estimate of drug-likeness (QED) is 0.637. The van der Waals surface area contributed by atoms with Crippen molar-refractivity contribution in [3.63, 3.8) is 0 Å². The molecule has 126 valence electrons. The van der Waals surface area contributed by atoms with Gasteiger partial charge in [0.1, 0.15) is 5.52 Å². The highest BCUT2D eigenvalue weighted by atomic mass is 16.5. The lowest BCUT2D eigenvalue weighted by molar-refractivity contribution is -0.148. The van der Waals surface area contributed by atoms with Crippen LogP contribution in [0.1, 0.15) is 31.6 Å². The highest BCUT2D eigenvalue weighted by Gasteiger charge is 2.27. The summed E-state index contributed by atoms with van der Waals surface area (Å²) in [7, 11) is 0. The van der Waals surface area contributed by atoms with Crippen molar-refractivity contribution in [2.75, 3.05) is 19.7 Å². The number of rotatable bonds is 4. The molecule has 0 radical (unpaired) electrons. The number of hydrogen-bond donors (Lipinski definition) is 0. The van der Waals surface area contributed by atoms with Crippen LogP contribution in [0.5, 0.6) is 0 Å². The predicted octanol–water partition coefficient (Wildman–Crippen LogP) is 2.65. The van der Waals surface area contributed by atoms with Crippen LogP contribution in [0.4, 0.5) is 0 Å². The number of carbonyl (C=O) groups excluding carboxylic acids is 2. The highest BCUT2D eigenvalue weighted by Crippen LogP contribution is 2.29. The Balaban J connectivity index is 1.53. The normalized spacial score (nSPS) is 16.0. The lowest BCUT2D eigenvalue weighted by Crippen LogP contribution is -2.40. The summed E-state index contributed by atoms with van der Waals surface area (Å²) in [4.78, 5) is 29.6. The number of oxazole rings is 1. The maximum absolute atomic E-state index is 12.1. The summed E-state index contributed by atoms with van der Waals surface area (Å²) < 4.78 is 10.7. The summed E-state index contributed by atoms with van der Waals surface area (Å²) in [5, 5.41) is 0. The molecule has 0 bridgehead atoms. The lowest BCUT2D eigenvalue weighted by Gasteiger charge is -2.30. The number of nitrogens with zero attached hydrogens (tertiary/aromatic N) is 2. The average molecular weight is 328 g/mol. The number of para-hydroxylation sites is 2. The molecule has 1 fully saturated rings.